The lowest BCUT2D eigenvalue weighted by atomic mass is 10.0. The Morgan fingerprint density at radius 1 is 1.39 bits per heavy atom. The highest BCUT2D eigenvalue weighted by atomic mass is 35.5. The Bertz CT molecular complexity index is 537. The number of aromatic nitrogens is 2. The van der Waals surface area contributed by atoms with Gasteiger partial charge >= 0.3 is 0 Å². The minimum atomic E-state index is 0.371. The van der Waals surface area contributed by atoms with Gasteiger partial charge in [-0.1, -0.05) is 0 Å². The second-order valence-corrected chi connectivity index (χ2v) is 5.70. The van der Waals surface area contributed by atoms with Crippen LogP contribution in [-0.4, -0.2) is 16.7 Å². The highest BCUT2D eigenvalue weighted by Gasteiger charge is 2.25. The topological polar surface area (TPSA) is 29.0 Å². The molecule has 3 nitrogen and oxygen atoms in total. The SMILES string of the molecule is CC1c2ccsc2CCN1c1ccc(CCl)nn1. The van der Waals surface area contributed by atoms with Gasteiger partial charge in [0.1, 0.15) is 0 Å². The molecule has 0 radical (unpaired) electrons. The van der Waals surface area contributed by atoms with Gasteiger partial charge in [0.05, 0.1) is 17.6 Å². The Balaban J connectivity index is 1.89. The fraction of sp³-hybridized carbons (Fsp3) is 0.385. The van der Waals surface area contributed by atoms with Crippen LogP contribution in [-0.2, 0) is 12.3 Å². The van der Waals surface area contributed by atoms with Crippen LogP contribution >= 0.6 is 22.9 Å². The number of hydrogen-bond donors (Lipinski definition) is 0. The van der Waals surface area contributed by atoms with E-state index in [1.54, 1.807) is 0 Å². The normalized spacial score (nSPS) is 18.8. The van der Waals surface area contributed by atoms with Crippen molar-refractivity contribution in [1.29, 1.82) is 0 Å². The van der Waals surface area contributed by atoms with Crippen molar-refractivity contribution in [3.63, 3.8) is 0 Å². The molecular formula is C13H14ClN3S. The van der Waals surface area contributed by atoms with Gasteiger partial charge in [0.15, 0.2) is 5.82 Å². The predicted octanol–water partition coefficient (Wildman–Crippen LogP) is 3.40. The standard InChI is InChI=1S/C13H14ClN3S/c1-9-11-5-7-18-12(11)4-6-17(9)13-3-2-10(8-14)15-16-13/h2-3,5,7,9H,4,6,8H2,1H3. The van der Waals surface area contributed by atoms with E-state index in [1.165, 1.54) is 10.4 Å². The summed E-state index contributed by atoms with van der Waals surface area (Å²) in [5.41, 5.74) is 2.25. The first-order valence-corrected chi connectivity index (χ1v) is 7.42. The van der Waals surface area contributed by atoms with E-state index in [4.69, 9.17) is 11.6 Å². The highest BCUT2D eigenvalue weighted by Crippen LogP contribution is 2.34. The largest absolute Gasteiger partial charge is 0.348 e. The third kappa shape index (κ3) is 1.99. The van der Waals surface area contributed by atoms with E-state index in [9.17, 15) is 0 Å². The minimum absolute atomic E-state index is 0.371. The van der Waals surface area contributed by atoms with Crippen LogP contribution in [0.5, 0.6) is 0 Å². The zero-order chi connectivity index (χ0) is 12.5. The maximum Gasteiger partial charge on any atom is 0.151 e. The highest BCUT2D eigenvalue weighted by molar-refractivity contribution is 7.10. The smallest absolute Gasteiger partial charge is 0.151 e. The number of nitrogens with zero attached hydrogens (tertiary/aromatic N) is 3. The molecule has 0 aliphatic carbocycles. The number of fused-ring (bicyclic) bond motifs is 1. The van der Waals surface area contributed by atoms with Gasteiger partial charge < -0.3 is 4.90 Å². The Morgan fingerprint density at radius 3 is 3.00 bits per heavy atom. The zero-order valence-corrected chi connectivity index (χ0v) is 11.7. The van der Waals surface area contributed by atoms with Crippen molar-refractivity contribution in [2.45, 2.75) is 25.3 Å². The molecule has 0 bridgehead atoms. The third-order valence-corrected chi connectivity index (χ3v) is 4.68. The molecule has 0 saturated heterocycles. The van der Waals surface area contributed by atoms with Crippen LogP contribution in [0, 0.1) is 0 Å². The molecule has 0 saturated carbocycles. The van der Waals surface area contributed by atoms with Gasteiger partial charge in [-0.15, -0.1) is 28.0 Å². The summed E-state index contributed by atoms with van der Waals surface area (Å²) in [4.78, 5) is 3.81. The minimum Gasteiger partial charge on any atom is -0.348 e. The summed E-state index contributed by atoms with van der Waals surface area (Å²) in [6.07, 6.45) is 1.09. The first-order chi connectivity index (χ1) is 8.79. The van der Waals surface area contributed by atoms with Crippen LogP contribution in [0.4, 0.5) is 5.82 Å². The van der Waals surface area contributed by atoms with Crippen molar-refractivity contribution in [1.82, 2.24) is 10.2 Å². The van der Waals surface area contributed by atoms with E-state index < -0.39 is 0 Å². The summed E-state index contributed by atoms with van der Waals surface area (Å²) in [5.74, 6) is 1.35. The Morgan fingerprint density at radius 2 is 2.28 bits per heavy atom. The fourth-order valence-electron chi connectivity index (χ4n) is 2.40. The van der Waals surface area contributed by atoms with Crippen LogP contribution < -0.4 is 4.90 Å². The molecule has 3 heterocycles. The van der Waals surface area contributed by atoms with E-state index in [2.05, 4.69) is 33.5 Å². The molecule has 0 spiro atoms. The van der Waals surface area contributed by atoms with Gasteiger partial charge in [-0.25, -0.2) is 0 Å². The van der Waals surface area contributed by atoms with Crippen LogP contribution in [0.1, 0.15) is 29.1 Å². The summed E-state index contributed by atoms with van der Waals surface area (Å²) in [6, 6.07) is 6.55. The molecule has 0 amide bonds. The molecule has 2 aromatic heterocycles. The molecule has 18 heavy (non-hydrogen) atoms. The molecule has 2 aromatic rings. The molecule has 5 heteroatoms. The number of hydrogen-bond acceptors (Lipinski definition) is 4. The number of alkyl halides is 1. The molecule has 1 unspecified atom stereocenters. The van der Waals surface area contributed by atoms with Crippen molar-refractivity contribution in [3.8, 4) is 0 Å². The Hall–Kier alpha value is -1.13. The van der Waals surface area contributed by atoms with Crippen molar-refractivity contribution in [2.24, 2.45) is 0 Å². The number of rotatable bonds is 2. The fourth-order valence-corrected chi connectivity index (χ4v) is 3.51. The summed E-state index contributed by atoms with van der Waals surface area (Å²) in [5, 5.41) is 10.6. The third-order valence-electron chi connectivity index (χ3n) is 3.41. The lowest BCUT2D eigenvalue weighted by Gasteiger charge is -2.34. The van der Waals surface area contributed by atoms with Gasteiger partial charge in [0.25, 0.3) is 0 Å². The number of halogens is 1. The van der Waals surface area contributed by atoms with Crippen molar-refractivity contribution in [2.75, 3.05) is 11.4 Å². The van der Waals surface area contributed by atoms with Crippen molar-refractivity contribution in [3.05, 3.63) is 39.7 Å². The van der Waals surface area contributed by atoms with Gasteiger partial charge in [-0.2, -0.15) is 5.10 Å². The van der Waals surface area contributed by atoms with E-state index in [0.29, 0.717) is 11.9 Å². The van der Waals surface area contributed by atoms with Crippen molar-refractivity contribution < 1.29 is 0 Å². The molecule has 0 aromatic carbocycles. The number of anilines is 1. The molecule has 0 N–H and O–H groups in total. The van der Waals surface area contributed by atoms with Gasteiger partial charge in [0.2, 0.25) is 0 Å². The molecular weight excluding hydrogens is 266 g/mol. The molecule has 3 rings (SSSR count). The van der Waals surface area contributed by atoms with E-state index in [1.807, 2.05) is 23.5 Å². The summed E-state index contributed by atoms with van der Waals surface area (Å²) in [6.45, 7) is 3.23. The van der Waals surface area contributed by atoms with Crippen LogP contribution in [0.2, 0.25) is 0 Å². The Labute approximate surface area is 115 Å². The van der Waals surface area contributed by atoms with Crippen LogP contribution in [0.3, 0.4) is 0 Å². The van der Waals surface area contributed by atoms with Crippen molar-refractivity contribution >= 4 is 28.8 Å². The summed E-state index contributed by atoms with van der Waals surface area (Å²) < 4.78 is 0. The molecule has 1 aliphatic heterocycles. The quantitative estimate of drug-likeness (QED) is 0.789. The zero-order valence-electron chi connectivity index (χ0n) is 10.1. The average Bonchev–Trinajstić information content (AvgIpc) is 2.89. The summed E-state index contributed by atoms with van der Waals surface area (Å²) >= 11 is 7.58. The molecule has 0 fully saturated rings. The van der Waals surface area contributed by atoms with Crippen LogP contribution in [0.25, 0.3) is 0 Å². The first kappa shape index (κ1) is 11.9. The number of thiophene rings is 1. The van der Waals surface area contributed by atoms with E-state index >= 15 is 0 Å². The maximum absolute atomic E-state index is 5.73. The van der Waals surface area contributed by atoms with E-state index in [0.717, 1.165) is 24.5 Å². The molecule has 1 atom stereocenters. The van der Waals surface area contributed by atoms with E-state index in [-0.39, 0.29) is 0 Å². The monoisotopic (exact) mass is 279 g/mol. The van der Waals surface area contributed by atoms with Crippen LogP contribution in [0.15, 0.2) is 23.6 Å². The second-order valence-electron chi connectivity index (χ2n) is 4.43. The molecule has 1 aliphatic rings. The molecule has 94 valence electrons. The maximum atomic E-state index is 5.73. The predicted molar refractivity (Wildman–Crippen MR) is 75.4 cm³/mol. The Kier molecular flexibility index (Phi) is 3.22. The lowest BCUT2D eigenvalue weighted by Crippen LogP contribution is -2.33. The lowest BCUT2D eigenvalue weighted by molar-refractivity contribution is 0.619. The average molecular weight is 280 g/mol. The van der Waals surface area contributed by atoms with Gasteiger partial charge in [-0.05, 0) is 42.5 Å². The second kappa shape index (κ2) is 4.86. The first-order valence-electron chi connectivity index (χ1n) is 6.01. The summed E-state index contributed by atoms with van der Waals surface area (Å²) in [7, 11) is 0. The van der Waals surface area contributed by atoms with Gasteiger partial charge in [-0.3, -0.25) is 0 Å². The van der Waals surface area contributed by atoms with Gasteiger partial charge in [0, 0.05) is 11.4 Å².